The zero-order chi connectivity index (χ0) is 80.0. The topological polar surface area (TPSA) is 461 Å². The van der Waals surface area contributed by atoms with Gasteiger partial charge in [-0.25, -0.2) is 9.59 Å². The molecule has 0 aliphatic rings. The van der Waals surface area contributed by atoms with Crippen molar-refractivity contribution in [3.63, 3.8) is 0 Å². The first-order valence-electron chi connectivity index (χ1n) is 38.0. The molecule has 0 aromatic rings. The van der Waals surface area contributed by atoms with E-state index in [1.165, 1.54) is 0 Å². The van der Waals surface area contributed by atoms with Gasteiger partial charge < -0.3 is 143 Å². The van der Waals surface area contributed by atoms with E-state index in [0.717, 1.165) is 0 Å². The van der Waals surface area contributed by atoms with Crippen molar-refractivity contribution in [3.05, 3.63) is 0 Å². The van der Waals surface area contributed by atoms with Crippen LogP contribution >= 0.6 is 0 Å². The van der Waals surface area contributed by atoms with Gasteiger partial charge in [-0.15, -0.1) is 0 Å². The average Bonchev–Trinajstić information content (AvgIpc) is 0.838. The summed E-state index contributed by atoms with van der Waals surface area (Å²) in [5, 5.41) is 11.8. The normalized spacial score (nSPS) is 12.3. The number of nitrogens with zero attached hydrogens (tertiary/aromatic N) is 1. The Morgan fingerprint density at radius 3 is 0.872 bits per heavy atom. The van der Waals surface area contributed by atoms with Gasteiger partial charge >= 0.3 is 12.2 Å². The molecule has 0 unspecified atom stereocenters. The first-order chi connectivity index (χ1) is 52.8. The molecule has 0 aliphatic heterocycles. The Kier molecular flexibility index (Phi) is 74.0. The highest BCUT2D eigenvalue weighted by Gasteiger charge is 2.33. The fourth-order valence-electron chi connectivity index (χ4n) is 8.54. The summed E-state index contributed by atoms with van der Waals surface area (Å²) in [5.74, 6) is -2.79. The Morgan fingerprint density at radius 2 is 0.569 bits per heavy atom. The number of ketones is 1. The summed E-state index contributed by atoms with van der Waals surface area (Å²) in [6.45, 7) is 23.4. The van der Waals surface area contributed by atoms with Crippen LogP contribution < -0.4 is 38.5 Å². The molecule has 2 atom stereocenters. The third kappa shape index (κ3) is 75.8. The van der Waals surface area contributed by atoms with Gasteiger partial charge in [-0.2, -0.15) is 0 Å². The van der Waals surface area contributed by atoms with Crippen LogP contribution in [0.5, 0.6) is 0 Å². The second kappa shape index (κ2) is 77.3. The maximum Gasteiger partial charge on any atom is 0.444 e. The smallest absolute Gasteiger partial charge is 0.442 e. The highest BCUT2D eigenvalue weighted by molar-refractivity contribution is 5.92. The summed E-state index contributed by atoms with van der Waals surface area (Å²) in [4.78, 5) is 97.3. The third-order valence-electron chi connectivity index (χ3n) is 13.6. The lowest BCUT2D eigenvalue weighted by atomic mass is 9.91. The predicted molar refractivity (Wildman–Crippen MR) is 396 cm³/mol. The van der Waals surface area contributed by atoms with Crippen LogP contribution in [0.1, 0.15) is 86.5 Å². The average molecular weight is 1580 g/mol. The number of rotatable bonds is 82. The van der Waals surface area contributed by atoms with E-state index in [2.05, 4.69) is 21.3 Å². The Bertz CT molecular complexity index is 2120. The number of carbonyl (C=O) groups is 7. The first-order valence-corrected chi connectivity index (χ1v) is 38.0. The number of hydrogen-bond donors (Lipinski definition) is 7. The van der Waals surface area contributed by atoms with Gasteiger partial charge in [0, 0.05) is 51.6 Å². The van der Waals surface area contributed by atoms with Gasteiger partial charge in [-0.05, 0) is 73.6 Å². The molecule has 0 rings (SSSR count). The molecule has 0 fully saturated rings. The van der Waals surface area contributed by atoms with E-state index in [4.69, 9.17) is 126 Å². The zero-order valence-electron chi connectivity index (χ0n) is 66.3. The van der Waals surface area contributed by atoms with Crippen molar-refractivity contribution in [1.82, 2.24) is 26.3 Å². The molecule has 0 spiro atoms. The maximum atomic E-state index is 14.3. The van der Waals surface area contributed by atoms with Gasteiger partial charge in [0.25, 0.3) is 0 Å². The molecule has 0 aromatic heterocycles. The molecule has 642 valence electrons. The monoisotopic (exact) mass is 1580 g/mol. The number of hydrogen-bond acceptors (Lipinski definition) is 33. The molecule has 0 aliphatic carbocycles. The molecule has 0 saturated heterocycles. The Morgan fingerprint density at radius 1 is 0.303 bits per heavy atom. The van der Waals surface area contributed by atoms with Gasteiger partial charge in [0.15, 0.2) is 5.78 Å². The van der Waals surface area contributed by atoms with E-state index in [-0.39, 0.29) is 169 Å². The van der Waals surface area contributed by atoms with E-state index in [9.17, 15) is 33.6 Å². The van der Waals surface area contributed by atoms with Crippen molar-refractivity contribution >= 4 is 41.6 Å². The Hall–Kier alpha value is -4.67. The van der Waals surface area contributed by atoms with Gasteiger partial charge in [0.1, 0.15) is 31.0 Å². The molecule has 6 amide bonds. The first kappa shape index (κ1) is 104. The molecular weight excluding hydrogens is 1440 g/mol. The number of nitrogens with two attached hydrogens (primary N) is 3. The number of Topliss-reactive ketones (excluding diaryl/α,β-unsaturated/α-hetero) is 1. The lowest BCUT2D eigenvalue weighted by molar-refractivity contribution is -0.148. The van der Waals surface area contributed by atoms with Crippen LogP contribution in [0.25, 0.3) is 0 Å². The quantitative estimate of drug-likeness (QED) is 0.0312. The maximum absolute atomic E-state index is 14.3. The summed E-state index contributed by atoms with van der Waals surface area (Å²) in [6, 6.07) is -0.998. The molecule has 38 heteroatoms. The van der Waals surface area contributed by atoms with Crippen molar-refractivity contribution in [1.29, 1.82) is 0 Å². The van der Waals surface area contributed by atoms with Crippen molar-refractivity contribution in [2.24, 2.45) is 23.1 Å². The van der Waals surface area contributed by atoms with Crippen LogP contribution in [0, 0.1) is 5.92 Å². The molecule has 0 radical (unpaired) electrons. The Labute approximate surface area is 645 Å². The lowest BCUT2D eigenvalue weighted by Gasteiger charge is -2.27. The molecular formula is C71H138N8O30. The summed E-state index contributed by atoms with van der Waals surface area (Å²) in [7, 11) is 0. The van der Waals surface area contributed by atoms with Gasteiger partial charge in [0.2, 0.25) is 23.6 Å². The molecule has 0 heterocycles. The molecule has 0 saturated carbocycles. The summed E-state index contributed by atoms with van der Waals surface area (Å²) >= 11 is 0. The second-order valence-corrected chi connectivity index (χ2v) is 25.5. The minimum atomic E-state index is -1.01. The fourth-order valence-corrected chi connectivity index (χ4v) is 8.54. The van der Waals surface area contributed by atoms with Crippen molar-refractivity contribution in [3.8, 4) is 0 Å². The molecule has 10 N–H and O–H groups in total. The van der Waals surface area contributed by atoms with Crippen LogP contribution in [-0.4, -0.2) is 374 Å². The second-order valence-electron chi connectivity index (χ2n) is 25.5. The number of ether oxygens (including phenoxy) is 22. The van der Waals surface area contributed by atoms with E-state index >= 15 is 0 Å². The zero-order valence-corrected chi connectivity index (χ0v) is 66.3. The van der Waals surface area contributed by atoms with Crippen LogP contribution in [0.2, 0.25) is 0 Å². The molecule has 0 bridgehead atoms. The number of hydroxylamine groups is 2. The molecule has 0 aromatic carbocycles. The molecule has 38 nitrogen and oxygen atoms in total. The van der Waals surface area contributed by atoms with Crippen LogP contribution in [0.4, 0.5) is 9.59 Å². The lowest BCUT2D eigenvalue weighted by Crippen LogP contribution is -2.44. The minimum absolute atomic E-state index is 0.0503. The van der Waals surface area contributed by atoms with E-state index < -0.39 is 47.2 Å². The van der Waals surface area contributed by atoms with Crippen LogP contribution in [-0.2, 0) is 133 Å². The van der Waals surface area contributed by atoms with Crippen LogP contribution in [0.3, 0.4) is 0 Å². The minimum Gasteiger partial charge on any atom is -0.442 e. The Balaban J connectivity index is 5.39. The standard InChI is InChI=1S/C71H138N8O30/c1-70(2,3)108-68(85)79(69(86)109-71(4,5)6)107-56-55-103-48-47-99-40-39-95-38-34-94-30-26-90-22-18-77-67(84)61(11-7-9-16-75-64(81)58-104-52-49-100-44-41-96-35-31-91-27-23-87-19-13-72)57-63(80)62(78-66(83)60-106-54-51-102-46-43-98-37-33-93-29-25-89-21-15-74)12-8-10-17-76-65(82)59-105-53-50-101-45-42-97-36-32-92-28-24-88-20-14-73/h61-62H,7-60,72-74H2,1-6H3,(H,75,81)(H,76,82)(H,77,84)(H,78,83)/t61-,62+/m1/s1. The van der Waals surface area contributed by atoms with E-state index in [1.54, 1.807) is 41.5 Å². The van der Waals surface area contributed by atoms with Gasteiger partial charge in [-0.3, -0.25) is 28.8 Å². The van der Waals surface area contributed by atoms with Gasteiger partial charge in [0.05, 0.1) is 257 Å². The highest BCUT2D eigenvalue weighted by Crippen LogP contribution is 2.18. The number of carbonyl (C=O) groups excluding carboxylic acids is 7. The summed E-state index contributed by atoms with van der Waals surface area (Å²) in [5.41, 5.74) is 14.5. The number of amides is 6. The number of imide groups is 1. The number of nitrogens with one attached hydrogen (secondary N) is 4. The summed E-state index contributed by atoms with van der Waals surface area (Å²) < 4.78 is 120. The fraction of sp³-hybridized carbons (Fsp3) is 0.901. The largest absolute Gasteiger partial charge is 0.444 e. The molecule has 109 heavy (non-hydrogen) atoms. The van der Waals surface area contributed by atoms with Gasteiger partial charge in [-0.1, -0.05) is 11.5 Å². The van der Waals surface area contributed by atoms with E-state index in [1.807, 2.05) is 0 Å². The third-order valence-corrected chi connectivity index (χ3v) is 13.6. The van der Waals surface area contributed by atoms with Crippen molar-refractivity contribution in [2.45, 2.75) is 104 Å². The number of unbranched alkanes of at least 4 members (excludes halogenated alkanes) is 2. The highest BCUT2D eigenvalue weighted by atomic mass is 16.8. The van der Waals surface area contributed by atoms with Crippen molar-refractivity contribution < 1.29 is 143 Å². The summed E-state index contributed by atoms with van der Waals surface area (Å²) in [6.07, 6.45) is 0.0630. The SMILES string of the molecule is CC(C)(C)OC(=O)N(OCCOCCOCCOCCOCCOCCNC(=O)[C@H](CCCCNC(=O)COCCOCCOCCOCCOCCN)CC(=O)[C@H](CCCCNC(=O)COCCOCCOCCOCCOCCN)NC(=O)COCCOCCOCCOCCOCCN)C(=O)OC(C)(C)C. The van der Waals surface area contributed by atoms with Crippen LogP contribution in [0.15, 0.2) is 0 Å². The van der Waals surface area contributed by atoms with Crippen molar-refractivity contribution in [2.75, 3.05) is 310 Å². The predicted octanol–water partition coefficient (Wildman–Crippen LogP) is 0.0477. The van der Waals surface area contributed by atoms with E-state index in [0.29, 0.717) is 209 Å².